The van der Waals surface area contributed by atoms with E-state index in [4.69, 9.17) is 10.2 Å². The van der Waals surface area contributed by atoms with Crippen LogP contribution in [-0.4, -0.2) is 27.0 Å². The van der Waals surface area contributed by atoms with Crippen molar-refractivity contribution in [1.29, 1.82) is 0 Å². The normalized spacial score (nSPS) is 11.2. The molecule has 0 spiro atoms. The van der Waals surface area contributed by atoms with Gasteiger partial charge in [0.25, 0.3) is 0 Å². The minimum absolute atomic E-state index is 0.511. The molecule has 23 heavy (non-hydrogen) atoms. The molecule has 0 bridgehead atoms. The molecule has 120 valence electrons. The maximum atomic E-state index is 5.80. The van der Waals surface area contributed by atoms with E-state index in [1.165, 1.54) is 5.56 Å². The highest BCUT2D eigenvalue weighted by Crippen LogP contribution is 2.24. The van der Waals surface area contributed by atoms with E-state index in [0.717, 1.165) is 40.3 Å². The van der Waals surface area contributed by atoms with Crippen LogP contribution in [0, 0.1) is 0 Å². The Bertz CT molecular complexity index is 819. The van der Waals surface area contributed by atoms with E-state index in [9.17, 15) is 0 Å². The van der Waals surface area contributed by atoms with Crippen molar-refractivity contribution < 1.29 is 4.42 Å². The minimum Gasteiger partial charge on any atom is -0.462 e. The molecule has 3 aromatic heterocycles. The van der Waals surface area contributed by atoms with Crippen LogP contribution in [0.15, 0.2) is 39.2 Å². The maximum absolute atomic E-state index is 5.80. The van der Waals surface area contributed by atoms with E-state index < -0.39 is 0 Å². The summed E-state index contributed by atoms with van der Waals surface area (Å²) in [6.45, 7) is 2.13. The third-order valence-corrected chi connectivity index (χ3v) is 4.96. The summed E-state index contributed by atoms with van der Waals surface area (Å²) in [6.07, 6.45) is 7.40. The van der Waals surface area contributed by atoms with Crippen molar-refractivity contribution in [3.05, 3.63) is 35.9 Å². The van der Waals surface area contributed by atoms with Crippen LogP contribution < -0.4 is 5.73 Å². The number of hydrogen-bond acceptors (Lipinski definition) is 7. The molecule has 0 unspecified atom stereocenters. The Hall–Kier alpha value is -1.73. The lowest BCUT2D eigenvalue weighted by Gasteiger charge is -2.04. The Labute approximate surface area is 143 Å². The highest BCUT2D eigenvalue weighted by atomic mass is 32.2. The van der Waals surface area contributed by atoms with Gasteiger partial charge in [-0.1, -0.05) is 18.7 Å². The third-order valence-electron chi connectivity index (χ3n) is 3.48. The molecule has 0 aliphatic rings. The Morgan fingerprint density at radius 2 is 2.13 bits per heavy atom. The predicted octanol–water partition coefficient (Wildman–Crippen LogP) is 3.82. The molecule has 0 saturated heterocycles. The van der Waals surface area contributed by atoms with E-state index in [2.05, 4.69) is 27.9 Å². The van der Waals surface area contributed by atoms with Crippen molar-refractivity contribution in [3.63, 3.8) is 0 Å². The van der Waals surface area contributed by atoms with E-state index in [-0.39, 0.29) is 0 Å². The van der Waals surface area contributed by atoms with Gasteiger partial charge in [-0.2, -0.15) is 0 Å². The highest BCUT2D eigenvalue weighted by molar-refractivity contribution is 7.99. The fourth-order valence-corrected chi connectivity index (χ4v) is 3.58. The summed E-state index contributed by atoms with van der Waals surface area (Å²) in [4.78, 5) is 13.2. The molecule has 3 rings (SSSR count). The van der Waals surface area contributed by atoms with Crippen molar-refractivity contribution >= 4 is 40.3 Å². The number of furan rings is 1. The van der Waals surface area contributed by atoms with Crippen LogP contribution in [0.2, 0.25) is 0 Å². The summed E-state index contributed by atoms with van der Waals surface area (Å²) in [5, 5.41) is 2.77. The fourth-order valence-electron chi connectivity index (χ4n) is 2.28. The van der Waals surface area contributed by atoms with Crippen LogP contribution >= 0.6 is 23.5 Å². The number of nitrogens with zero attached hydrogens (tertiary/aromatic N) is 3. The lowest BCUT2D eigenvalue weighted by Crippen LogP contribution is -1.98. The molecule has 0 atom stereocenters. The molecule has 5 nitrogen and oxygen atoms in total. The second kappa shape index (κ2) is 7.23. The first-order valence-electron chi connectivity index (χ1n) is 7.36. The Kier molecular flexibility index (Phi) is 5.07. The van der Waals surface area contributed by atoms with Crippen molar-refractivity contribution in [3.8, 4) is 0 Å². The molecule has 3 aromatic rings. The number of pyridine rings is 1. The minimum atomic E-state index is 0.511. The average molecular weight is 346 g/mol. The van der Waals surface area contributed by atoms with E-state index >= 15 is 0 Å². The summed E-state index contributed by atoms with van der Waals surface area (Å²) in [5.74, 6) is 1.37. The molecule has 0 radical (unpaired) electrons. The molecule has 7 heteroatoms. The lowest BCUT2D eigenvalue weighted by molar-refractivity contribution is 0.609. The smallest absolute Gasteiger partial charge is 0.190 e. The van der Waals surface area contributed by atoms with Gasteiger partial charge in [-0.15, -0.1) is 11.8 Å². The molecular weight excluding hydrogens is 328 g/mol. The van der Waals surface area contributed by atoms with Gasteiger partial charge in [0.1, 0.15) is 10.8 Å². The summed E-state index contributed by atoms with van der Waals surface area (Å²) in [7, 11) is 0. The predicted molar refractivity (Wildman–Crippen MR) is 96.0 cm³/mol. The van der Waals surface area contributed by atoms with Crippen molar-refractivity contribution in [2.75, 3.05) is 17.7 Å². The van der Waals surface area contributed by atoms with Crippen LogP contribution in [0.25, 0.3) is 11.0 Å². The first-order chi connectivity index (χ1) is 11.2. The van der Waals surface area contributed by atoms with Crippen LogP contribution in [0.3, 0.4) is 0 Å². The number of rotatable bonds is 6. The summed E-state index contributed by atoms with van der Waals surface area (Å²) in [5.41, 5.74) is 8.92. The van der Waals surface area contributed by atoms with Gasteiger partial charge in [-0.05, 0) is 30.7 Å². The molecule has 0 aliphatic carbocycles. The molecule has 0 saturated carbocycles. The standard InChI is InChI=1S/C16H18N4OS2/c1-3-10-9-21-13-8-18-11(6-12(10)13)4-5-23-16-19-14(17)7-15(20-16)22-2/h6-9H,3-5H2,1-2H3,(H2,17,19,20). The maximum Gasteiger partial charge on any atom is 0.190 e. The van der Waals surface area contributed by atoms with Gasteiger partial charge < -0.3 is 10.2 Å². The third kappa shape index (κ3) is 3.79. The number of hydrogen-bond donors (Lipinski definition) is 1. The van der Waals surface area contributed by atoms with Gasteiger partial charge in [-0.25, -0.2) is 9.97 Å². The topological polar surface area (TPSA) is 77.8 Å². The lowest BCUT2D eigenvalue weighted by atomic mass is 10.1. The number of nitrogens with two attached hydrogens (primary N) is 1. The Balaban J connectivity index is 1.67. The van der Waals surface area contributed by atoms with Crippen LogP contribution in [0.1, 0.15) is 18.2 Å². The first kappa shape index (κ1) is 16.1. The zero-order valence-corrected chi connectivity index (χ0v) is 14.7. The zero-order chi connectivity index (χ0) is 16.2. The van der Waals surface area contributed by atoms with Gasteiger partial charge in [-0.3, -0.25) is 4.98 Å². The molecular formula is C16H18N4OS2. The summed E-state index contributed by atoms with van der Waals surface area (Å²) in [6, 6.07) is 3.90. The van der Waals surface area contributed by atoms with Gasteiger partial charge in [0.15, 0.2) is 10.7 Å². The average Bonchev–Trinajstić information content (AvgIpc) is 2.96. The van der Waals surface area contributed by atoms with Crippen molar-refractivity contribution in [2.45, 2.75) is 29.9 Å². The molecule has 0 amide bonds. The number of thioether (sulfide) groups is 2. The number of aromatic nitrogens is 3. The quantitative estimate of drug-likeness (QED) is 0.413. The monoisotopic (exact) mass is 346 g/mol. The second-order valence-electron chi connectivity index (χ2n) is 5.00. The Morgan fingerprint density at radius 3 is 2.91 bits per heavy atom. The molecule has 2 N–H and O–H groups in total. The fraction of sp³-hybridized carbons (Fsp3) is 0.312. The number of fused-ring (bicyclic) bond motifs is 1. The number of nitrogen functional groups attached to an aromatic ring is 1. The summed E-state index contributed by atoms with van der Waals surface area (Å²) < 4.78 is 5.50. The van der Waals surface area contributed by atoms with Crippen LogP contribution in [0.5, 0.6) is 0 Å². The van der Waals surface area contributed by atoms with E-state index in [0.29, 0.717) is 11.0 Å². The largest absolute Gasteiger partial charge is 0.462 e. The molecule has 0 fully saturated rings. The van der Waals surface area contributed by atoms with E-state index in [1.54, 1.807) is 35.8 Å². The molecule has 0 aromatic carbocycles. The van der Waals surface area contributed by atoms with E-state index in [1.807, 2.05) is 12.5 Å². The number of anilines is 1. The van der Waals surface area contributed by atoms with Crippen molar-refractivity contribution in [2.24, 2.45) is 0 Å². The number of aryl methyl sites for hydroxylation is 2. The van der Waals surface area contributed by atoms with Gasteiger partial charge in [0, 0.05) is 22.9 Å². The van der Waals surface area contributed by atoms with Crippen LogP contribution in [-0.2, 0) is 12.8 Å². The zero-order valence-electron chi connectivity index (χ0n) is 13.1. The molecule has 0 aliphatic heterocycles. The molecule has 3 heterocycles. The van der Waals surface area contributed by atoms with Gasteiger partial charge in [0.05, 0.1) is 12.5 Å². The SMILES string of the molecule is CCc1coc2cnc(CCSc3nc(N)cc(SC)n3)cc12. The first-order valence-corrected chi connectivity index (χ1v) is 9.57. The summed E-state index contributed by atoms with van der Waals surface area (Å²) >= 11 is 3.16. The second-order valence-corrected chi connectivity index (χ2v) is 6.89. The Morgan fingerprint density at radius 1 is 1.26 bits per heavy atom. The van der Waals surface area contributed by atoms with Gasteiger partial charge in [0.2, 0.25) is 0 Å². The van der Waals surface area contributed by atoms with Crippen LogP contribution in [0.4, 0.5) is 5.82 Å². The highest BCUT2D eigenvalue weighted by Gasteiger charge is 2.07. The van der Waals surface area contributed by atoms with Gasteiger partial charge >= 0.3 is 0 Å². The van der Waals surface area contributed by atoms with Crippen molar-refractivity contribution in [1.82, 2.24) is 15.0 Å².